The van der Waals surface area contributed by atoms with Gasteiger partial charge in [0.1, 0.15) is 11.4 Å². The Kier molecular flexibility index (Phi) is 5.82. The molecule has 0 radical (unpaired) electrons. The molecule has 1 unspecified atom stereocenters. The number of nitrogens with one attached hydrogen (secondary N) is 2. The first kappa shape index (κ1) is 22.1. The van der Waals surface area contributed by atoms with E-state index in [1.807, 2.05) is 41.0 Å². The molecule has 4 amide bonds. The summed E-state index contributed by atoms with van der Waals surface area (Å²) in [6.07, 6.45) is 2.18. The molecule has 9 nitrogen and oxygen atoms in total. The number of hydrogen-bond acceptors (Lipinski definition) is 6. The first-order chi connectivity index (χ1) is 16.5. The van der Waals surface area contributed by atoms with Gasteiger partial charge in [-0.15, -0.1) is 10.2 Å². The van der Waals surface area contributed by atoms with Gasteiger partial charge in [0.05, 0.1) is 12.3 Å². The Morgan fingerprint density at radius 3 is 2.44 bits per heavy atom. The van der Waals surface area contributed by atoms with Crippen LogP contribution in [0.4, 0.5) is 4.79 Å². The fraction of sp³-hybridized carbons (Fsp3) is 0.292. The van der Waals surface area contributed by atoms with Crippen molar-refractivity contribution in [3.8, 4) is 0 Å². The molecule has 174 valence electrons. The Morgan fingerprint density at radius 1 is 1.09 bits per heavy atom. The van der Waals surface area contributed by atoms with Crippen molar-refractivity contribution in [2.24, 2.45) is 0 Å². The maximum Gasteiger partial charge on any atom is 0.344 e. The van der Waals surface area contributed by atoms with Crippen LogP contribution in [0.2, 0.25) is 0 Å². The Labute approximate surface area is 200 Å². The Balaban J connectivity index is 1.26. The van der Waals surface area contributed by atoms with Crippen LogP contribution in [-0.2, 0) is 21.7 Å². The maximum absolute atomic E-state index is 13.0. The van der Waals surface area contributed by atoms with E-state index in [0.717, 1.165) is 29.2 Å². The average molecular weight is 477 g/mol. The monoisotopic (exact) mass is 476 g/mol. The molecule has 3 aromatic rings. The highest BCUT2D eigenvalue weighted by Gasteiger charge is 2.50. The zero-order valence-corrected chi connectivity index (χ0v) is 19.4. The van der Waals surface area contributed by atoms with Gasteiger partial charge in [0.25, 0.3) is 5.91 Å². The maximum atomic E-state index is 13.0. The molecule has 0 spiro atoms. The van der Waals surface area contributed by atoms with Gasteiger partial charge in [-0.3, -0.25) is 15.0 Å². The molecule has 1 saturated heterocycles. The molecule has 2 N–H and O–H groups in total. The summed E-state index contributed by atoms with van der Waals surface area (Å²) in [7, 11) is 0. The van der Waals surface area contributed by atoms with E-state index < -0.39 is 23.4 Å². The van der Waals surface area contributed by atoms with Crippen molar-refractivity contribution in [1.82, 2.24) is 30.5 Å². The van der Waals surface area contributed by atoms with E-state index in [9.17, 15) is 14.4 Å². The summed E-state index contributed by atoms with van der Waals surface area (Å²) in [6.45, 7) is 2.24. The number of imide groups is 1. The molecular weight excluding hydrogens is 452 g/mol. The van der Waals surface area contributed by atoms with Crippen molar-refractivity contribution < 1.29 is 14.4 Å². The normalized spacial score (nSPS) is 19.9. The topological polar surface area (TPSA) is 109 Å². The smallest absolute Gasteiger partial charge is 0.318 e. The first-order valence-corrected chi connectivity index (χ1v) is 12.1. The van der Waals surface area contributed by atoms with Crippen LogP contribution in [0, 0.1) is 0 Å². The van der Waals surface area contributed by atoms with E-state index >= 15 is 0 Å². The minimum Gasteiger partial charge on any atom is -0.318 e. The molecule has 1 aliphatic heterocycles. The van der Waals surface area contributed by atoms with E-state index in [1.54, 1.807) is 31.2 Å². The number of hydrazine groups is 1. The van der Waals surface area contributed by atoms with Crippen LogP contribution in [0.15, 0.2) is 65.8 Å². The van der Waals surface area contributed by atoms with Crippen LogP contribution in [0.25, 0.3) is 0 Å². The lowest BCUT2D eigenvalue weighted by molar-refractivity contribution is -0.138. The lowest BCUT2D eigenvalue weighted by Gasteiger charge is -2.22. The molecule has 1 atom stereocenters. The highest BCUT2D eigenvalue weighted by atomic mass is 32.2. The molecule has 2 aliphatic rings. The number of aromatic nitrogens is 3. The summed E-state index contributed by atoms with van der Waals surface area (Å²) >= 11 is 1.23. The quantitative estimate of drug-likeness (QED) is 0.382. The Morgan fingerprint density at radius 2 is 1.76 bits per heavy atom. The van der Waals surface area contributed by atoms with Crippen molar-refractivity contribution in [3.63, 3.8) is 0 Å². The first-order valence-electron chi connectivity index (χ1n) is 11.1. The highest BCUT2D eigenvalue weighted by molar-refractivity contribution is 7.99. The second-order valence-electron chi connectivity index (χ2n) is 8.57. The second-order valence-corrected chi connectivity index (χ2v) is 9.51. The van der Waals surface area contributed by atoms with Crippen LogP contribution in [-0.4, -0.2) is 43.4 Å². The molecule has 0 bridgehead atoms. The average Bonchev–Trinajstić information content (AvgIpc) is 3.58. The fourth-order valence-corrected chi connectivity index (χ4v) is 4.70. The zero-order chi connectivity index (χ0) is 23.7. The largest absolute Gasteiger partial charge is 0.344 e. The van der Waals surface area contributed by atoms with Crippen molar-refractivity contribution in [1.29, 1.82) is 0 Å². The number of hydrogen-bond donors (Lipinski definition) is 2. The molecule has 2 aromatic carbocycles. The molecule has 2 fully saturated rings. The van der Waals surface area contributed by atoms with E-state index in [-0.39, 0.29) is 5.75 Å². The van der Waals surface area contributed by atoms with Crippen LogP contribution < -0.4 is 10.7 Å². The number of carbonyl (C=O) groups is 3. The van der Waals surface area contributed by atoms with Crippen molar-refractivity contribution >= 4 is 29.6 Å². The van der Waals surface area contributed by atoms with E-state index in [4.69, 9.17) is 0 Å². The van der Waals surface area contributed by atoms with E-state index in [1.165, 1.54) is 11.8 Å². The number of carbonyl (C=O) groups excluding carboxylic acids is 3. The number of benzene rings is 2. The van der Waals surface area contributed by atoms with E-state index in [2.05, 4.69) is 20.9 Å². The molecule has 1 aliphatic carbocycles. The summed E-state index contributed by atoms with van der Waals surface area (Å²) in [4.78, 5) is 38.1. The Bertz CT molecular complexity index is 1230. The van der Waals surface area contributed by atoms with Crippen molar-refractivity contribution in [2.45, 2.75) is 42.9 Å². The summed E-state index contributed by atoms with van der Waals surface area (Å²) in [5, 5.41) is 12.7. The number of urea groups is 1. The minimum atomic E-state index is -1.24. The van der Waals surface area contributed by atoms with Crippen LogP contribution in [0.5, 0.6) is 0 Å². The molecule has 1 aromatic heterocycles. The SMILES string of the molecule is CC1(c2ccccc2)NC(=O)N(NC(=O)CSc2nnc(C3CC3)n2Cc2ccccc2)C1=O. The zero-order valence-electron chi connectivity index (χ0n) is 18.6. The van der Waals surface area contributed by atoms with Gasteiger partial charge in [0.15, 0.2) is 5.16 Å². The predicted octanol–water partition coefficient (Wildman–Crippen LogP) is 2.79. The predicted molar refractivity (Wildman–Crippen MR) is 126 cm³/mol. The summed E-state index contributed by atoms with van der Waals surface area (Å²) < 4.78 is 2.05. The molecule has 1 saturated carbocycles. The van der Waals surface area contributed by atoms with Gasteiger partial charge in [0.2, 0.25) is 5.91 Å². The number of thioether (sulfide) groups is 1. The van der Waals surface area contributed by atoms with Gasteiger partial charge in [-0.25, -0.2) is 4.79 Å². The summed E-state index contributed by atoms with van der Waals surface area (Å²) in [6, 6.07) is 18.3. The van der Waals surface area contributed by atoms with Gasteiger partial charge in [-0.2, -0.15) is 5.01 Å². The lowest BCUT2D eigenvalue weighted by Crippen LogP contribution is -2.48. The second kappa shape index (κ2) is 8.94. The summed E-state index contributed by atoms with van der Waals surface area (Å²) in [5.74, 6) is 0.301. The van der Waals surface area contributed by atoms with E-state index in [0.29, 0.717) is 23.2 Å². The third-order valence-corrected chi connectivity index (χ3v) is 6.95. The van der Waals surface area contributed by atoms with Crippen LogP contribution >= 0.6 is 11.8 Å². The van der Waals surface area contributed by atoms with Gasteiger partial charge in [0, 0.05) is 5.92 Å². The number of amides is 4. The third-order valence-electron chi connectivity index (χ3n) is 5.98. The molecule has 5 rings (SSSR count). The van der Waals surface area contributed by atoms with Gasteiger partial charge >= 0.3 is 6.03 Å². The third kappa shape index (κ3) is 4.28. The minimum absolute atomic E-state index is 0.0172. The Hall–Kier alpha value is -3.66. The summed E-state index contributed by atoms with van der Waals surface area (Å²) in [5.41, 5.74) is 2.96. The number of nitrogens with zero attached hydrogens (tertiary/aromatic N) is 4. The van der Waals surface area contributed by atoms with Crippen LogP contribution in [0.3, 0.4) is 0 Å². The van der Waals surface area contributed by atoms with Crippen molar-refractivity contribution in [3.05, 3.63) is 77.6 Å². The molecular formula is C24H24N6O3S. The highest BCUT2D eigenvalue weighted by Crippen LogP contribution is 2.40. The van der Waals surface area contributed by atoms with Gasteiger partial charge in [-0.05, 0) is 30.9 Å². The molecule has 2 heterocycles. The standard InChI is InChI=1S/C24H24N6O3S/c1-24(18-10-6-3-7-11-18)21(32)30(22(33)25-24)28-19(31)15-34-23-27-26-20(17-12-13-17)29(23)14-16-8-4-2-5-9-16/h2-11,17H,12-15H2,1H3,(H,25,33)(H,28,31). The van der Waals surface area contributed by atoms with Crippen LogP contribution in [0.1, 0.15) is 42.6 Å². The molecule has 34 heavy (non-hydrogen) atoms. The van der Waals surface area contributed by atoms with Gasteiger partial charge < -0.3 is 9.88 Å². The number of rotatable bonds is 8. The van der Waals surface area contributed by atoms with Gasteiger partial charge in [-0.1, -0.05) is 72.4 Å². The fourth-order valence-electron chi connectivity index (χ4n) is 3.96. The molecule has 10 heteroatoms. The lowest BCUT2D eigenvalue weighted by atomic mass is 9.92. The van der Waals surface area contributed by atoms with Crippen molar-refractivity contribution in [2.75, 3.05) is 5.75 Å².